The van der Waals surface area contributed by atoms with E-state index in [4.69, 9.17) is 9.47 Å². The fourth-order valence-electron chi connectivity index (χ4n) is 3.62. The number of hydrogen-bond donors (Lipinski definition) is 0. The maximum absolute atomic E-state index is 12.5. The van der Waals surface area contributed by atoms with Gasteiger partial charge in [-0.15, -0.1) is 0 Å². The average molecular weight is 510 g/mol. The van der Waals surface area contributed by atoms with E-state index in [2.05, 4.69) is 33.1 Å². The fourth-order valence-corrected chi connectivity index (χ4v) is 4.02. The third-order valence-electron chi connectivity index (χ3n) is 5.41. The monoisotopic (exact) mass is 509 g/mol. The topological polar surface area (TPSA) is 47.9 Å². The van der Waals surface area contributed by atoms with Crippen LogP contribution in [0.4, 0.5) is 0 Å². The van der Waals surface area contributed by atoms with E-state index in [0.717, 1.165) is 32.3 Å². The van der Waals surface area contributed by atoms with Gasteiger partial charge in [-0.25, -0.2) is 9.79 Å². The first kappa shape index (κ1) is 21.9. The van der Waals surface area contributed by atoms with Crippen LogP contribution in [0, 0.1) is 0 Å². The third kappa shape index (κ3) is 4.85. The maximum atomic E-state index is 12.5. The van der Waals surface area contributed by atoms with Gasteiger partial charge in [0.1, 0.15) is 12.4 Å². The second-order valence-electron chi connectivity index (χ2n) is 7.70. The molecule has 0 saturated carbocycles. The number of para-hydroxylation sites is 1. The summed E-state index contributed by atoms with van der Waals surface area (Å²) in [6.07, 6.45) is 1.70. The zero-order valence-corrected chi connectivity index (χ0v) is 19.7. The molecule has 0 amide bonds. The molecule has 4 aromatic carbocycles. The molecule has 0 N–H and O–H groups in total. The standard InChI is InChI=1S/C29H20BrNO3/c30-25-12-6-4-11-24(25)19-33-27-13-7-5-10-23(27)18-26-29(32)34-28(31-26)22-16-14-21(15-17-22)20-8-2-1-3-9-20/h1-18H,19H2/b26-18-. The Morgan fingerprint density at radius 3 is 2.21 bits per heavy atom. The molecule has 166 valence electrons. The first-order valence-electron chi connectivity index (χ1n) is 10.8. The van der Waals surface area contributed by atoms with Gasteiger partial charge in [0, 0.05) is 21.2 Å². The molecule has 0 atom stereocenters. The van der Waals surface area contributed by atoms with Crippen LogP contribution >= 0.6 is 15.9 Å². The van der Waals surface area contributed by atoms with E-state index in [1.54, 1.807) is 6.08 Å². The van der Waals surface area contributed by atoms with Crippen molar-refractivity contribution in [2.45, 2.75) is 6.61 Å². The molecule has 1 heterocycles. The molecule has 0 aliphatic carbocycles. The van der Waals surface area contributed by atoms with Gasteiger partial charge in [-0.05, 0) is 41.5 Å². The Labute approximate surface area is 206 Å². The van der Waals surface area contributed by atoms with E-state index in [1.165, 1.54) is 0 Å². The Bertz CT molecular complexity index is 1390. The number of benzene rings is 4. The second kappa shape index (κ2) is 9.89. The lowest BCUT2D eigenvalue weighted by Crippen LogP contribution is -2.05. The second-order valence-corrected chi connectivity index (χ2v) is 8.55. The molecule has 4 nitrogen and oxygen atoms in total. The summed E-state index contributed by atoms with van der Waals surface area (Å²) in [6, 6.07) is 33.4. The Morgan fingerprint density at radius 2 is 1.41 bits per heavy atom. The predicted molar refractivity (Wildman–Crippen MR) is 137 cm³/mol. The zero-order valence-electron chi connectivity index (χ0n) is 18.1. The molecule has 0 bridgehead atoms. The normalized spacial score (nSPS) is 14.1. The number of ether oxygens (including phenoxy) is 2. The summed E-state index contributed by atoms with van der Waals surface area (Å²) in [5, 5.41) is 0. The van der Waals surface area contributed by atoms with Crippen molar-refractivity contribution in [3.8, 4) is 16.9 Å². The number of cyclic esters (lactones) is 1. The van der Waals surface area contributed by atoms with E-state index in [1.807, 2.05) is 91.0 Å². The van der Waals surface area contributed by atoms with Gasteiger partial charge in [0.2, 0.25) is 5.90 Å². The van der Waals surface area contributed by atoms with Crippen molar-refractivity contribution in [2.24, 2.45) is 4.99 Å². The van der Waals surface area contributed by atoms with E-state index in [-0.39, 0.29) is 5.70 Å². The molecule has 0 radical (unpaired) electrons. The lowest BCUT2D eigenvalue weighted by Gasteiger charge is -2.10. The van der Waals surface area contributed by atoms with Crippen molar-refractivity contribution in [2.75, 3.05) is 0 Å². The number of halogens is 1. The molecule has 0 fully saturated rings. The number of rotatable bonds is 6. The van der Waals surface area contributed by atoms with Gasteiger partial charge in [-0.2, -0.15) is 0 Å². The van der Waals surface area contributed by atoms with Crippen molar-refractivity contribution >= 4 is 33.9 Å². The van der Waals surface area contributed by atoms with Crippen LogP contribution in [0.25, 0.3) is 17.2 Å². The van der Waals surface area contributed by atoms with Crippen molar-refractivity contribution in [3.05, 3.63) is 130 Å². The Kier molecular flexibility index (Phi) is 6.36. The van der Waals surface area contributed by atoms with E-state index in [0.29, 0.717) is 18.3 Å². The molecule has 5 heteroatoms. The number of carbonyl (C=O) groups is 1. The maximum Gasteiger partial charge on any atom is 0.363 e. The first-order chi connectivity index (χ1) is 16.7. The van der Waals surface area contributed by atoms with Gasteiger partial charge < -0.3 is 9.47 Å². The SMILES string of the molecule is O=C1OC(c2ccc(-c3ccccc3)cc2)=N/C1=C\c1ccccc1OCc1ccccc1Br. The molecule has 0 spiro atoms. The van der Waals surface area contributed by atoms with E-state index >= 15 is 0 Å². The predicted octanol–water partition coefficient (Wildman–Crippen LogP) is 7.04. The smallest absolute Gasteiger partial charge is 0.363 e. The highest BCUT2D eigenvalue weighted by molar-refractivity contribution is 9.10. The van der Waals surface area contributed by atoms with Crippen LogP contribution in [-0.2, 0) is 16.1 Å². The van der Waals surface area contributed by atoms with E-state index < -0.39 is 5.97 Å². The van der Waals surface area contributed by atoms with Crippen LogP contribution in [0.3, 0.4) is 0 Å². The molecule has 0 saturated heterocycles. The molecule has 5 rings (SSSR count). The van der Waals surface area contributed by atoms with E-state index in [9.17, 15) is 4.79 Å². The largest absolute Gasteiger partial charge is 0.488 e. The van der Waals surface area contributed by atoms with Crippen molar-refractivity contribution < 1.29 is 14.3 Å². The molecule has 1 aliphatic rings. The number of aliphatic imine (C=N–C) groups is 1. The van der Waals surface area contributed by atoms with Crippen LogP contribution in [0.5, 0.6) is 5.75 Å². The number of hydrogen-bond acceptors (Lipinski definition) is 4. The number of carbonyl (C=O) groups excluding carboxylic acids is 1. The zero-order chi connectivity index (χ0) is 23.3. The highest BCUT2D eigenvalue weighted by Crippen LogP contribution is 2.27. The Hall–Kier alpha value is -3.96. The van der Waals surface area contributed by atoms with Gasteiger partial charge >= 0.3 is 5.97 Å². The minimum Gasteiger partial charge on any atom is -0.488 e. The van der Waals surface area contributed by atoms with Gasteiger partial charge in [0.25, 0.3) is 0 Å². The van der Waals surface area contributed by atoms with Gasteiger partial charge in [0.05, 0.1) is 0 Å². The lowest BCUT2D eigenvalue weighted by atomic mass is 10.0. The van der Waals surface area contributed by atoms with Gasteiger partial charge in [0.15, 0.2) is 5.70 Å². The molecule has 34 heavy (non-hydrogen) atoms. The summed E-state index contributed by atoms with van der Waals surface area (Å²) in [5.41, 5.74) is 4.98. The molecule has 0 aromatic heterocycles. The summed E-state index contributed by atoms with van der Waals surface area (Å²) in [7, 11) is 0. The van der Waals surface area contributed by atoms with Crippen LogP contribution in [0.1, 0.15) is 16.7 Å². The first-order valence-corrected chi connectivity index (χ1v) is 11.6. The minimum absolute atomic E-state index is 0.235. The molecule has 4 aromatic rings. The Balaban J connectivity index is 1.37. The summed E-state index contributed by atoms with van der Waals surface area (Å²) in [5.74, 6) is 0.472. The van der Waals surface area contributed by atoms with Crippen molar-refractivity contribution in [1.29, 1.82) is 0 Å². The van der Waals surface area contributed by atoms with Crippen LogP contribution < -0.4 is 4.74 Å². The Morgan fingerprint density at radius 1 is 0.765 bits per heavy atom. The third-order valence-corrected chi connectivity index (χ3v) is 6.19. The van der Waals surface area contributed by atoms with Crippen LogP contribution in [0.15, 0.2) is 118 Å². The van der Waals surface area contributed by atoms with Crippen molar-refractivity contribution in [3.63, 3.8) is 0 Å². The highest BCUT2D eigenvalue weighted by atomic mass is 79.9. The average Bonchev–Trinajstić information content (AvgIpc) is 3.25. The molecular formula is C29H20BrNO3. The number of nitrogens with zero attached hydrogens (tertiary/aromatic N) is 1. The summed E-state index contributed by atoms with van der Waals surface area (Å²) >= 11 is 3.54. The van der Waals surface area contributed by atoms with Gasteiger partial charge in [-0.1, -0.05) is 94.8 Å². The molecular weight excluding hydrogens is 490 g/mol. The molecule has 0 unspecified atom stereocenters. The van der Waals surface area contributed by atoms with Crippen molar-refractivity contribution in [1.82, 2.24) is 0 Å². The summed E-state index contributed by atoms with van der Waals surface area (Å²) < 4.78 is 12.5. The molecule has 1 aliphatic heterocycles. The number of esters is 1. The minimum atomic E-state index is -0.484. The van der Waals surface area contributed by atoms with Crippen LogP contribution in [-0.4, -0.2) is 11.9 Å². The fraction of sp³-hybridized carbons (Fsp3) is 0.0345. The van der Waals surface area contributed by atoms with Crippen LogP contribution in [0.2, 0.25) is 0 Å². The summed E-state index contributed by atoms with van der Waals surface area (Å²) in [4.78, 5) is 17.0. The quantitative estimate of drug-likeness (QED) is 0.207. The van der Waals surface area contributed by atoms with Gasteiger partial charge in [-0.3, -0.25) is 0 Å². The highest BCUT2D eigenvalue weighted by Gasteiger charge is 2.24. The lowest BCUT2D eigenvalue weighted by molar-refractivity contribution is -0.129. The summed E-state index contributed by atoms with van der Waals surface area (Å²) in [6.45, 7) is 0.397.